The number of fused-ring (bicyclic) bond motifs is 1. The van der Waals surface area contributed by atoms with E-state index in [1.54, 1.807) is 5.57 Å². The standard InChI is InChI=1S/C34H56N4O2/c1-22(2)23(3)11-12-25(5)29-17-18-30-26(9-7-19-34(29,30)6)14-15-27-21-28(16-13-24(27)4)40-32(39)31(35)10-8-20-38-33(36)37/h11-12,14-15,22-23,25,28-31H,4,7-10,13,16-21,35H2,1-3,5-6H3,(H4,36,37,38)/b12-11+,26-14+,27-15-/t23-,25+,28?,29?,30-,31+,34+/m0/s1. The second-order valence-electron chi connectivity index (χ2n) is 13.3. The number of rotatable bonds is 11. The molecule has 40 heavy (non-hydrogen) atoms. The molecule has 0 aliphatic heterocycles. The molecule has 224 valence electrons. The normalized spacial score (nSPS) is 31.4. The number of carbonyl (C=O) groups excluding carboxylic acids is 1. The molecular formula is C34H56N4O2. The predicted molar refractivity (Wildman–Crippen MR) is 167 cm³/mol. The van der Waals surface area contributed by atoms with Gasteiger partial charge in [0.15, 0.2) is 5.96 Å². The van der Waals surface area contributed by atoms with E-state index in [1.807, 2.05) is 0 Å². The monoisotopic (exact) mass is 552 g/mol. The van der Waals surface area contributed by atoms with Gasteiger partial charge in [0.05, 0.1) is 0 Å². The number of hydrogen-bond acceptors (Lipinski definition) is 4. The predicted octanol–water partition coefficient (Wildman–Crippen LogP) is 6.57. The van der Waals surface area contributed by atoms with Gasteiger partial charge in [-0.15, -0.1) is 0 Å². The third kappa shape index (κ3) is 8.34. The first kappa shape index (κ1) is 32.2. The number of nitrogens with zero attached hydrogens (tertiary/aromatic N) is 1. The lowest BCUT2D eigenvalue weighted by molar-refractivity contribution is -0.151. The highest BCUT2D eigenvalue weighted by molar-refractivity contribution is 5.76. The Labute approximate surface area is 243 Å². The summed E-state index contributed by atoms with van der Waals surface area (Å²) in [5.74, 6) is 3.02. The van der Waals surface area contributed by atoms with Gasteiger partial charge in [-0.05, 0) is 98.4 Å². The van der Waals surface area contributed by atoms with E-state index >= 15 is 0 Å². The Hall–Kier alpha value is -2.34. The van der Waals surface area contributed by atoms with Crippen LogP contribution in [0.25, 0.3) is 0 Å². The molecule has 0 aromatic heterocycles. The zero-order valence-electron chi connectivity index (χ0n) is 25.8. The van der Waals surface area contributed by atoms with Crippen LogP contribution in [0.2, 0.25) is 0 Å². The summed E-state index contributed by atoms with van der Waals surface area (Å²) in [6.45, 7) is 16.7. The Morgan fingerprint density at radius 1 is 1.12 bits per heavy atom. The van der Waals surface area contributed by atoms with Gasteiger partial charge >= 0.3 is 5.97 Å². The van der Waals surface area contributed by atoms with Gasteiger partial charge in [0.25, 0.3) is 0 Å². The van der Waals surface area contributed by atoms with Crippen LogP contribution >= 0.6 is 0 Å². The molecule has 0 amide bonds. The smallest absolute Gasteiger partial charge is 0.323 e. The number of carbonyl (C=O) groups is 1. The fourth-order valence-electron chi connectivity index (χ4n) is 7.22. The van der Waals surface area contributed by atoms with Crippen molar-refractivity contribution < 1.29 is 9.53 Å². The van der Waals surface area contributed by atoms with Crippen molar-refractivity contribution in [3.63, 3.8) is 0 Å². The molecule has 6 nitrogen and oxygen atoms in total. The minimum atomic E-state index is -0.657. The Kier molecular flexibility index (Phi) is 11.7. The van der Waals surface area contributed by atoms with Crippen LogP contribution in [0.1, 0.15) is 98.8 Å². The number of guanidine groups is 1. The molecule has 0 aromatic rings. The fourth-order valence-corrected chi connectivity index (χ4v) is 7.22. The van der Waals surface area contributed by atoms with E-state index in [1.165, 1.54) is 37.7 Å². The van der Waals surface area contributed by atoms with E-state index in [2.05, 4.69) is 70.5 Å². The first-order valence-electron chi connectivity index (χ1n) is 15.7. The molecule has 0 aromatic carbocycles. The maximum absolute atomic E-state index is 12.6. The van der Waals surface area contributed by atoms with Crippen LogP contribution in [0, 0.1) is 35.0 Å². The van der Waals surface area contributed by atoms with Gasteiger partial charge in [-0.1, -0.05) is 76.6 Å². The zero-order chi connectivity index (χ0) is 29.4. The largest absolute Gasteiger partial charge is 0.461 e. The van der Waals surface area contributed by atoms with E-state index in [-0.39, 0.29) is 18.0 Å². The van der Waals surface area contributed by atoms with Gasteiger partial charge in [0.2, 0.25) is 0 Å². The lowest BCUT2D eigenvalue weighted by Gasteiger charge is -2.44. The summed E-state index contributed by atoms with van der Waals surface area (Å²) in [6, 6.07) is -0.657. The molecule has 2 unspecified atom stereocenters. The molecular weight excluding hydrogens is 496 g/mol. The van der Waals surface area contributed by atoms with Crippen LogP contribution in [-0.2, 0) is 9.53 Å². The van der Waals surface area contributed by atoms with Gasteiger partial charge in [0, 0.05) is 13.0 Å². The molecule has 6 heteroatoms. The molecule has 0 heterocycles. The lowest BCUT2D eigenvalue weighted by atomic mass is 9.61. The average Bonchev–Trinajstić information content (AvgIpc) is 3.26. The summed E-state index contributed by atoms with van der Waals surface area (Å²) in [5.41, 5.74) is 21.1. The second-order valence-corrected chi connectivity index (χ2v) is 13.3. The number of nitrogens with two attached hydrogens (primary N) is 3. The molecule has 3 fully saturated rings. The van der Waals surface area contributed by atoms with Crippen molar-refractivity contribution in [1.29, 1.82) is 0 Å². The van der Waals surface area contributed by atoms with Crippen molar-refractivity contribution in [2.24, 2.45) is 57.2 Å². The number of hydrogen-bond donors (Lipinski definition) is 3. The first-order valence-corrected chi connectivity index (χ1v) is 15.7. The topological polar surface area (TPSA) is 117 Å². The molecule has 3 rings (SSSR count). The van der Waals surface area contributed by atoms with Crippen LogP contribution in [0.3, 0.4) is 0 Å². The molecule has 3 aliphatic carbocycles. The highest BCUT2D eigenvalue weighted by atomic mass is 16.5. The SMILES string of the molecule is C=C1CCC(OC(=O)[C@H](N)CCCN=C(N)N)C/C1=C/C=C1\CCC[C@]2(C)C([C@H](C)/C=C/[C@H](C)C(C)C)CC[C@@H]12. The van der Waals surface area contributed by atoms with Gasteiger partial charge in [-0.3, -0.25) is 9.79 Å². The minimum absolute atomic E-state index is 0.0527. The van der Waals surface area contributed by atoms with Gasteiger partial charge in [0.1, 0.15) is 12.1 Å². The van der Waals surface area contributed by atoms with Gasteiger partial charge in [-0.25, -0.2) is 0 Å². The molecule has 6 N–H and O–H groups in total. The molecule has 3 saturated carbocycles. The van der Waals surface area contributed by atoms with Crippen molar-refractivity contribution in [2.75, 3.05) is 6.54 Å². The van der Waals surface area contributed by atoms with Crippen LogP contribution in [-0.4, -0.2) is 30.6 Å². The number of ether oxygens (including phenoxy) is 1. The van der Waals surface area contributed by atoms with E-state index in [9.17, 15) is 4.79 Å². The minimum Gasteiger partial charge on any atom is -0.461 e. The zero-order valence-corrected chi connectivity index (χ0v) is 25.8. The van der Waals surface area contributed by atoms with Crippen LogP contribution in [0.15, 0.2) is 52.6 Å². The summed E-state index contributed by atoms with van der Waals surface area (Å²) in [6.07, 6.45) is 19.3. The van der Waals surface area contributed by atoms with Crippen LogP contribution < -0.4 is 17.2 Å². The summed E-state index contributed by atoms with van der Waals surface area (Å²) >= 11 is 0. The Morgan fingerprint density at radius 2 is 1.88 bits per heavy atom. The van der Waals surface area contributed by atoms with Crippen molar-refractivity contribution in [3.05, 3.63) is 47.6 Å². The Bertz CT molecular complexity index is 1010. The van der Waals surface area contributed by atoms with E-state index in [0.717, 1.165) is 24.3 Å². The average molecular weight is 553 g/mol. The maximum atomic E-state index is 12.6. The highest BCUT2D eigenvalue weighted by Crippen LogP contribution is 2.59. The summed E-state index contributed by atoms with van der Waals surface area (Å²) in [7, 11) is 0. The Balaban J connectivity index is 1.62. The van der Waals surface area contributed by atoms with Crippen molar-refractivity contribution in [1.82, 2.24) is 0 Å². The second kappa shape index (κ2) is 14.5. The molecule has 0 saturated heterocycles. The third-order valence-electron chi connectivity index (χ3n) is 10.2. The van der Waals surface area contributed by atoms with Crippen molar-refractivity contribution >= 4 is 11.9 Å². The van der Waals surface area contributed by atoms with E-state index in [4.69, 9.17) is 21.9 Å². The molecule has 3 aliphatic rings. The fraction of sp³-hybridized carbons (Fsp3) is 0.706. The van der Waals surface area contributed by atoms with Crippen LogP contribution in [0.5, 0.6) is 0 Å². The highest BCUT2D eigenvalue weighted by Gasteiger charge is 2.50. The number of allylic oxidation sites excluding steroid dienone is 6. The van der Waals surface area contributed by atoms with Crippen molar-refractivity contribution in [2.45, 2.75) is 111 Å². The number of esters is 1. The molecule has 0 radical (unpaired) electrons. The van der Waals surface area contributed by atoms with Crippen LogP contribution in [0.4, 0.5) is 0 Å². The number of aliphatic imine (C=N–C) groups is 1. The summed E-state index contributed by atoms with van der Waals surface area (Å²) in [4.78, 5) is 16.5. The maximum Gasteiger partial charge on any atom is 0.323 e. The third-order valence-corrected chi connectivity index (χ3v) is 10.2. The van der Waals surface area contributed by atoms with E-state index < -0.39 is 6.04 Å². The quantitative estimate of drug-likeness (QED) is 0.0881. The lowest BCUT2D eigenvalue weighted by Crippen LogP contribution is -2.36. The van der Waals surface area contributed by atoms with E-state index in [0.29, 0.717) is 54.9 Å². The summed E-state index contributed by atoms with van der Waals surface area (Å²) in [5, 5.41) is 0. The molecule has 0 bridgehead atoms. The molecule has 0 spiro atoms. The van der Waals surface area contributed by atoms with Crippen molar-refractivity contribution in [3.8, 4) is 0 Å². The van der Waals surface area contributed by atoms with Gasteiger partial charge in [-0.2, -0.15) is 0 Å². The molecule has 7 atom stereocenters. The van der Waals surface area contributed by atoms with Gasteiger partial charge < -0.3 is 21.9 Å². The summed E-state index contributed by atoms with van der Waals surface area (Å²) < 4.78 is 5.82. The first-order chi connectivity index (χ1) is 18.9. The Morgan fingerprint density at radius 3 is 2.58 bits per heavy atom.